The van der Waals surface area contributed by atoms with Gasteiger partial charge < -0.3 is 10.3 Å². The van der Waals surface area contributed by atoms with E-state index in [1.165, 1.54) is 25.2 Å². The number of ketones is 1. The van der Waals surface area contributed by atoms with Crippen molar-refractivity contribution < 1.29 is 9.32 Å². The molecule has 152 valence electrons. The van der Waals surface area contributed by atoms with Gasteiger partial charge >= 0.3 is 0 Å². The van der Waals surface area contributed by atoms with E-state index in [9.17, 15) is 4.79 Å². The van der Waals surface area contributed by atoms with Crippen LogP contribution < -0.4 is 5.73 Å². The number of rotatable bonds is 6. The fourth-order valence-electron chi connectivity index (χ4n) is 3.66. The molecule has 1 saturated carbocycles. The van der Waals surface area contributed by atoms with Crippen LogP contribution in [0.2, 0.25) is 0 Å². The second kappa shape index (κ2) is 6.83. The summed E-state index contributed by atoms with van der Waals surface area (Å²) >= 11 is 0. The minimum atomic E-state index is -0.154. The molecular formula is C22H22N6O2. The van der Waals surface area contributed by atoms with Crippen LogP contribution in [0.3, 0.4) is 0 Å². The summed E-state index contributed by atoms with van der Waals surface area (Å²) in [5, 5.41) is 4.19. The Hall–Kier alpha value is -3.42. The fraction of sp³-hybridized carbons (Fsp3) is 0.364. The number of nitrogen functional groups attached to an aromatic ring is 1. The summed E-state index contributed by atoms with van der Waals surface area (Å²) in [6.07, 6.45) is 4.55. The van der Waals surface area contributed by atoms with E-state index < -0.39 is 0 Å². The first-order chi connectivity index (χ1) is 14.4. The third-order valence-electron chi connectivity index (χ3n) is 5.93. The average Bonchev–Trinajstić information content (AvgIpc) is 3.16. The molecule has 8 heteroatoms. The Kier molecular flexibility index (Phi) is 4.23. The second-order valence-electron chi connectivity index (χ2n) is 8.43. The highest BCUT2D eigenvalue weighted by Crippen LogP contribution is 2.47. The highest BCUT2D eigenvalue weighted by atomic mass is 16.5. The van der Waals surface area contributed by atoms with Crippen LogP contribution in [0.5, 0.6) is 0 Å². The molecule has 2 N–H and O–H groups in total. The number of fused-ring (bicyclic) bond motifs is 1. The van der Waals surface area contributed by atoms with Crippen molar-refractivity contribution in [3.63, 3.8) is 0 Å². The third kappa shape index (κ3) is 3.38. The van der Waals surface area contributed by atoms with E-state index in [1.54, 1.807) is 0 Å². The van der Waals surface area contributed by atoms with E-state index in [4.69, 9.17) is 20.2 Å². The van der Waals surface area contributed by atoms with Crippen LogP contribution in [0.1, 0.15) is 72.4 Å². The van der Waals surface area contributed by atoms with Crippen LogP contribution in [0.15, 0.2) is 40.1 Å². The van der Waals surface area contributed by atoms with Gasteiger partial charge in [0.05, 0.1) is 17.1 Å². The molecule has 0 unspecified atom stereocenters. The van der Waals surface area contributed by atoms with Crippen molar-refractivity contribution in [3.8, 4) is 0 Å². The largest absolute Gasteiger partial charge is 0.384 e. The summed E-state index contributed by atoms with van der Waals surface area (Å²) in [5.74, 6) is 0.636. The molecule has 0 bridgehead atoms. The van der Waals surface area contributed by atoms with Gasteiger partial charge in [-0.3, -0.25) is 9.78 Å². The van der Waals surface area contributed by atoms with E-state index >= 15 is 0 Å². The van der Waals surface area contributed by atoms with E-state index in [-0.39, 0.29) is 29.4 Å². The summed E-state index contributed by atoms with van der Waals surface area (Å²) in [6, 6.07) is 7.47. The molecule has 2 aliphatic rings. The van der Waals surface area contributed by atoms with Gasteiger partial charge in [-0.25, -0.2) is 15.0 Å². The Morgan fingerprint density at radius 2 is 2.10 bits per heavy atom. The number of nitrogens with two attached hydrogens (primary N) is 1. The molecular weight excluding hydrogens is 380 g/mol. The smallest absolute Gasteiger partial charge is 0.182 e. The van der Waals surface area contributed by atoms with Gasteiger partial charge in [0, 0.05) is 42.0 Å². The van der Waals surface area contributed by atoms with Gasteiger partial charge in [0.1, 0.15) is 29.3 Å². The number of hydrogen-bond acceptors (Lipinski definition) is 8. The number of aromatic nitrogens is 4. The minimum absolute atomic E-state index is 0.120. The number of hydrogen-bond donors (Lipinski definition) is 1. The van der Waals surface area contributed by atoms with Gasteiger partial charge in [-0.1, -0.05) is 19.0 Å². The predicted molar refractivity (Wildman–Crippen MR) is 111 cm³/mol. The van der Waals surface area contributed by atoms with Crippen LogP contribution in [0.25, 0.3) is 0 Å². The second-order valence-corrected chi connectivity index (χ2v) is 8.43. The lowest BCUT2D eigenvalue weighted by Crippen LogP contribution is -2.08. The van der Waals surface area contributed by atoms with Crippen molar-refractivity contribution in [2.24, 2.45) is 4.99 Å². The molecule has 30 heavy (non-hydrogen) atoms. The number of anilines is 1. The van der Waals surface area contributed by atoms with Crippen molar-refractivity contribution in [2.75, 3.05) is 5.73 Å². The molecule has 1 fully saturated rings. The Balaban J connectivity index is 1.29. The highest BCUT2D eigenvalue weighted by molar-refractivity contribution is 6.04. The number of carbonyl (C=O) groups is 1. The lowest BCUT2D eigenvalue weighted by Gasteiger charge is -2.08. The fourth-order valence-corrected chi connectivity index (χ4v) is 3.66. The molecule has 3 aromatic rings. The first kappa shape index (κ1) is 18.6. The Labute approximate surface area is 173 Å². The van der Waals surface area contributed by atoms with Crippen LogP contribution in [0.4, 0.5) is 11.5 Å². The lowest BCUT2D eigenvalue weighted by atomic mass is 9.99. The van der Waals surface area contributed by atoms with E-state index in [0.29, 0.717) is 23.6 Å². The van der Waals surface area contributed by atoms with E-state index in [0.717, 1.165) is 22.8 Å². The Morgan fingerprint density at radius 1 is 1.27 bits per heavy atom. The molecule has 1 atom stereocenters. The van der Waals surface area contributed by atoms with E-state index in [2.05, 4.69) is 28.1 Å². The quantitative estimate of drug-likeness (QED) is 0.626. The predicted octanol–water partition coefficient (Wildman–Crippen LogP) is 3.55. The van der Waals surface area contributed by atoms with Gasteiger partial charge in [0.2, 0.25) is 0 Å². The number of aliphatic imine (C=N–C) groups is 1. The summed E-state index contributed by atoms with van der Waals surface area (Å²) in [7, 11) is 0. The molecule has 0 spiro atoms. The molecule has 3 aromatic heterocycles. The highest BCUT2D eigenvalue weighted by Gasteiger charge is 2.41. The van der Waals surface area contributed by atoms with Gasteiger partial charge in [-0.05, 0) is 25.0 Å². The summed E-state index contributed by atoms with van der Waals surface area (Å²) in [4.78, 5) is 29.8. The SMILES string of the molecule is C[C@@H](CC(=O)c1cc(N)ncn1)c1cc(C2=Nc3ccc(C4(C)CC4)nc3C2)no1. The summed E-state index contributed by atoms with van der Waals surface area (Å²) < 4.78 is 5.53. The molecule has 0 saturated heterocycles. The van der Waals surface area contributed by atoms with Gasteiger partial charge in [0.15, 0.2) is 5.78 Å². The first-order valence-electron chi connectivity index (χ1n) is 10.1. The van der Waals surface area contributed by atoms with Crippen molar-refractivity contribution in [3.05, 3.63) is 59.1 Å². The first-order valence-corrected chi connectivity index (χ1v) is 10.1. The van der Waals surface area contributed by atoms with E-state index in [1.807, 2.05) is 19.1 Å². The minimum Gasteiger partial charge on any atom is -0.384 e. The Bertz CT molecular complexity index is 1180. The summed E-state index contributed by atoms with van der Waals surface area (Å²) in [6.45, 7) is 4.17. The van der Waals surface area contributed by atoms with Gasteiger partial charge in [-0.15, -0.1) is 0 Å². The average molecular weight is 402 g/mol. The number of nitrogens with zero attached hydrogens (tertiary/aromatic N) is 5. The maximum absolute atomic E-state index is 12.5. The number of carbonyl (C=O) groups excluding carboxylic acids is 1. The maximum Gasteiger partial charge on any atom is 0.182 e. The molecule has 1 aliphatic carbocycles. The van der Waals surface area contributed by atoms with Gasteiger partial charge in [-0.2, -0.15) is 0 Å². The zero-order valence-electron chi connectivity index (χ0n) is 16.9. The van der Waals surface area contributed by atoms with Crippen LogP contribution in [-0.4, -0.2) is 31.6 Å². The van der Waals surface area contributed by atoms with Crippen molar-refractivity contribution in [1.29, 1.82) is 0 Å². The monoisotopic (exact) mass is 402 g/mol. The van der Waals surface area contributed by atoms with Crippen LogP contribution in [-0.2, 0) is 11.8 Å². The topological polar surface area (TPSA) is 120 Å². The molecule has 4 heterocycles. The third-order valence-corrected chi connectivity index (χ3v) is 5.93. The summed E-state index contributed by atoms with van der Waals surface area (Å²) in [5.41, 5.74) is 10.7. The molecule has 5 rings (SSSR count). The zero-order valence-corrected chi connectivity index (χ0v) is 16.9. The van der Waals surface area contributed by atoms with Crippen molar-refractivity contribution in [1.82, 2.24) is 20.1 Å². The standard InChI is InChI=1S/C22H22N6O2/c1-12(7-18(29)17-10-21(23)25-11-24-17)19-9-16(28-30-19)15-8-14-13(26-15)3-4-20(27-14)22(2)5-6-22/h3-4,9-12H,5-8H2,1-2H3,(H2,23,24,25)/t12-/m0/s1. The maximum atomic E-state index is 12.5. The number of pyridine rings is 1. The van der Waals surface area contributed by atoms with Crippen LogP contribution in [0, 0.1) is 0 Å². The van der Waals surface area contributed by atoms with Crippen molar-refractivity contribution in [2.45, 2.75) is 50.9 Å². The number of Topliss-reactive ketones (excluding diaryl/α,β-unsaturated/α-hetero) is 1. The molecule has 8 nitrogen and oxygen atoms in total. The molecule has 1 aliphatic heterocycles. The normalized spacial score (nSPS) is 17.3. The Morgan fingerprint density at radius 3 is 2.87 bits per heavy atom. The molecule has 0 radical (unpaired) electrons. The molecule has 0 aromatic carbocycles. The lowest BCUT2D eigenvalue weighted by molar-refractivity contribution is 0.0966. The van der Waals surface area contributed by atoms with Gasteiger partial charge in [0.25, 0.3) is 0 Å². The van der Waals surface area contributed by atoms with Crippen LogP contribution >= 0.6 is 0 Å². The zero-order chi connectivity index (χ0) is 20.9. The molecule has 0 amide bonds. The van der Waals surface area contributed by atoms with Crippen molar-refractivity contribution >= 4 is 23.0 Å².